The SMILES string of the molecule is CCC(=NOCC(C)Oc1ccc(Cl)cc1)C1C(=O)CC(C(OS(=O)(=O)O)C(C)CC)C=C1O. The number of ether oxygens (including phenoxy) is 1. The van der Waals surface area contributed by atoms with Gasteiger partial charge in [-0.05, 0) is 49.6 Å². The Bertz CT molecular complexity index is 993. The lowest BCUT2D eigenvalue weighted by atomic mass is 9.77. The predicted molar refractivity (Wildman–Crippen MR) is 128 cm³/mol. The molecule has 9 nitrogen and oxygen atoms in total. The van der Waals surface area contributed by atoms with Crippen molar-refractivity contribution in [2.75, 3.05) is 6.61 Å². The summed E-state index contributed by atoms with van der Waals surface area (Å²) in [4.78, 5) is 18.3. The van der Waals surface area contributed by atoms with Gasteiger partial charge in [0.05, 0.1) is 11.8 Å². The van der Waals surface area contributed by atoms with Crippen LogP contribution >= 0.6 is 11.6 Å². The number of oxime groups is 1. The monoisotopic (exact) mass is 517 g/mol. The van der Waals surface area contributed by atoms with E-state index in [0.29, 0.717) is 29.3 Å². The molecule has 1 aliphatic rings. The topological polar surface area (TPSA) is 132 Å². The molecule has 0 spiro atoms. The van der Waals surface area contributed by atoms with Crippen LogP contribution in [0.4, 0.5) is 0 Å². The number of hydrogen-bond donors (Lipinski definition) is 2. The molecule has 0 radical (unpaired) electrons. The number of carbonyl (C=O) groups is 1. The molecule has 0 aromatic heterocycles. The van der Waals surface area contributed by atoms with E-state index in [0.717, 1.165) is 0 Å². The summed E-state index contributed by atoms with van der Waals surface area (Å²) in [6.07, 6.45) is 0.902. The van der Waals surface area contributed by atoms with Crippen molar-refractivity contribution in [2.24, 2.45) is 22.9 Å². The molecule has 0 bridgehead atoms. The lowest BCUT2D eigenvalue weighted by Gasteiger charge is -2.32. The molecule has 1 aliphatic carbocycles. The Morgan fingerprint density at radius 1 is 1.24 bits per heavy atom. The van der Waals surface area contributed by atoms with E-state index in [1.54, 1.807) is 45.0 Å². The molecule has 0 aliphatic heterocycles. The average molecular weight is 518 g/mol. The lowest BCUT2D eigenvalue weighted by molar-refractivity contribution is -0.123. The van der Waals surface area contributed by atoms with Crippen molar-refractivity contribution in [1.82, 2.24) is 0 Å². The highest BCUT2D eigenvalue weighted by atomic mass is 35.5. The smallest absolute Gasteiger partial charge is 0.397 e. The second-order valence-electron chi connectivity index (χ2n) is 8.35. The van der Waals surface area contributed by atoms with Crippen molar-refractivity contribution in [3.05, 3.63) is 41.1 Å². The van der Waals surface area contributed by atoms with Gasteiger partial charge in [-0.1, -0.05) is 43.9 Å². The van der Waals surface area contributed by atoms with Gasteiger partial charge in [0.2, 0.25) is 0 Å². The first-order valence-corrected chi connectivity index (χ1v) is 12.9. The number of Topliss-reactive ketones (excluding diaryl/α,β-unsaturated/α-hetero) is 1. The maximum absolute atomic E-state index is 12.9. The van der Waals surface area contributed by atoms with Gasteiger partial charge in [0, 0.05) is 17.4 Å². The van der Waals surface area contributed by atoms with Crippen molar-refractivity contribution >= 4 is 33.5 Å². The fraction of sp³-hybridized carbons (Fsp3) is 0.565. The Morgan fingerprint density at radius 3 is 2.41 bits per heavy atom. The quantitative estimate of drug-likeness (QED) is 0.230. The van der Waals surface area contributed by atoms with Gasteiger partial charge >= 0.3 is 10.4 Å². The summed E-state index contributed by atoms with van der Waals surface area (Å²) in [5, 5.41) is 15.3. The third kappa shape index (κ3) is 8.26. The lowest BCUT2D eigenvalue weighted by Crippen LogP contribution is -2.39. The molecule has 11 heteroatoms. The van der Waals surface area contributed by atoms with Gasteiger partial charge in [-0.15, -0.1) is 0 Å². The Labute approximate surface area is 205 Å². The molecule has 2 N–H and O–H groups in total. The minimum Gasteiger partial charge on any atom is -0.511 e. The summed E-state index contributed by atoms with van der Waals surface area (Å²) in [5.41, 5.74) is 0.340. The van der Waals surface area contributed by atoms with Crippen molar-refractivity contribution < 1.29 is 36.6 Å². The molecule has 0 amide bonds. The van der Waals surface area contributed by atoms with Crippen LogP contribution in [0.5, 0.6) is 5.75 Å². The van der Waals surface area contributed by atoms with Crippen molar-refractivity contribution in [3.63, 3.8) is 0 Å². The Morgan fingerprint density at radius 2 is 1.88 bits per heavy atom. The number of ketones is 1. The fourth-order valence-corrected chi connectivity index (χ4v) is 4.48. The molecule has 1 aromatic rings. The highest BCUT2D eigenvalue weighted by molar-refractivity contribution is 7.80. The highest BCUT2D eigenvalue weighted by Gasteiger charge is 2.40. The number of allylic oxidation sites excluding steroid dienone is 1. The van der Waals surface area contributed by atoms with Crippen LogP contribution in [0.15, 0.2) is 41.3 Å². The van der Waals surface area contributed by atoms with E-state index in [1.165, 1.54) is 6.08 Å². The number of benzene rings is 1. The van der Waals surface area contributed by atoms with E-state index in [4.69, 9.17) is 29.9 Å². The summed E-state index contributed by atoms with van der Waals surface area (Å²) in [6.45, 7) is 7.27. The highest BCUT2D eigenvalue weighted by Crippen LogP contribution is 2.33. The van der Waals surface area contributed by atoms with E-state index in [9.17, 15) is 18.3 Å². The van der Waals surface area contributed by atoms with Crippen molar-refractivity contribution in [3.8, 4) is 5.75 Å². The molecule has 5 atom stereocenters. The van der Waals surface area contributed by atoms with E-state index < -0.39 is 28.3 Å². The normalized spacial score (nSPS) is 22.0. The molecule has 0 fully saturated rings. The second-order valence-corrected chi connectivity index (χ2v) is 9.83. The number of nitrogens with zero attached hydrogens (tertiary/aromatic N) is 1. The number of hydrogen-bond acceptors (Lipinski definition) is 8. The van der Waals surface area contributed by atoms with Crippen LogP contribution in [0.25, 0.3) is 0 Å². The molecule has 0 saturated heterocycles. The summed E-state index contributed by atoms with van der Waals surface area (Å²) >= 11 is 5.86. The van der Waals surface area contributed by atoms with Crippen LogP contribution in [0.1, 0.15) is 47.0 Å². The zero-order valence-corrected chi connectivity index (χ0v) is 21.3. The van der Waals surface area contributed by atoms with Crippen LogP contribution in [0.3, 0.4) is 0 Å². The van der Waals surface area contributed by atoms with Gasteiger partial charge < -0.3 is 14.7 Å². The van der Waals surface area contributed by atoms with Gasteiger partial charge in [-0.25, -0.2) is 4.18 Å². The minimum atomic E-state index is -4.73. The number of halogens is 1. The zero-order valence-electron chi connectivity index (χ0n) is 19.7. The van der Waals surface area contributed by atoms with Gasteiger partial charge in [-0.2, -0.15) is 8.42 Å². The molecule has 0 heterocycles. The van der Waals surface area contributed by atoms with Crippen LogP contribution in [0.2, 0.25) is 5.02 Å². The Kier molecular flexibility index (Phi) is 10.4. The maximum atomic E-state index is 12.9. The summed E-state index contributed by atoms with van der Waals surface area (Å²) in [5.74, 6) is -1.96. The first-order chi connectivity index (χ1) is 15.9. The van der Waals surface area contributed by atoms with Crippen molar-refractivity contribution in [2.45, 2.75) is 59.2 Å². The van der Waals surface area contributed by atoms with Crippen molar-refractivity contribution in [1.29, 1.82) is 0 Å². The number of carbonyl (C=O) groups excluding carboxylic acids is 1. The number of aliphatic hydroxyl groups excluding tert-OH is 1. The summed E-state index contributed by atoms with van der Waals surface area (Å²) in [7, 11) is -4.73. The molecule has 0 saturated carbocycles. The zero-order chi connectivity index (χ0) is 25.5. The van der Waals surface area contributed by atoms with Gasteiger partial charge in [-0.3, -0.25) is 9.35 Å². The van der Waals surface area contributed by atoms with Crippen LogP contribution < -0.4 is 4.74 Å². The Hall–Kier alpha value is -2.14. The van der Waals surface area contributed by atoms with E-state index in [2.05, 4.69) is 5.16 Å². The number of rotatable bonds is 12. The van der Waals surface area contributed by atoms with Gasteiger partial charge in [0.1, 0.15) is 29.3 Å². The van der Waals surface area contributed by atoms with Gasteiger partial charge in [0.15, 0.2) is 6.61 Å². The average Bonchev–Trinajstić information content (AvgIpc) is 2.76. The third-order valence-electron chi connectivity index (χ3n) is 5.64. The largest absolute Gasteiger partial charge is 0.511 e. The fourth-order valence-electron chi connectivity index (χ4n) is 3.74. The number of aliphatic hydroxyl groups is 1. The summed E-state index contributed by atoms with van der Waals surface area (Å²) in [6, 6.07) is 6.89. The minimum absolute atomic E-state index is 0.0750. The van der Waals surface area contributed by atoms with Crippen LogP contribution in [0, 0.1) is 17.8 Å². The Balaban J connectivity index is 2.09. The third-order valence-corrected chi connectivity index (χ3v) is 6.35. The van der Waals surface area contributed by atoms with Crippen LogP contribution in [-0.2, 0) is 24.2 Å². The van der Waals surface area contributed by atoms with E-state index >= 15 is 0 Å². The molecular weight excluding hydrogens is 486 g/mol. The predicted octanol–water partition coefficient (Wildman–Crippen LogP) is 4.77. The second kappa shape index (κ2) is 12.5. The van der Waals surface area contributed by atoms with E-state index in [-0.39, 0.29) is 36.6 Å². The standard InChI is InChI=1S/C23H32ClNO8S/c1-5-14(3)23(33-34(28,29)30)16-11-20(26)22(21(27)12-16)19(6-2)25-31-13-15(4)32-18-9-7-17(24)8-10-18/h7-11,14-16,22-23,26H,5-6,12-13H2,1-4H3,(H,28,29,30). The van der Waals surface area contributed by atoms with Gasteiger partial charge in [0.25, 0.3) is 0 Å². The summed E-state index contributed by atoms with van der Waals surface area (Å²) < 4.78 is 42.3. The molecule has 1 aromatic carbocycles. The molecular formula is C23H32ClNO8S. The molecule has 5 unspecified atom stereocenters. The first kappa shape index (κ1) is 28.1. The molecule has 190 valence electrons. The molecule has 2 rings (SSSR count). The van der Waals surface area contributed by atoms with Crippen LogP contribution in [-0.4, -0.2) is 48.4 Å². The van der Waals surface area contributed by atoms with E-state index in [1.807, 2.05) is 6.92 Å². The maximum Gasteiger partial charge on any atom is 0.397 e. The molecule has 34 heavy (non-hydrogen) atoms. The first-order valence-electron chi connectivity index (χ1n) is 11.1.